The highest BCUT2D eigenvalue weighted by molar-refractivity contribution is 5.83. The summed E-state index contributed by atoms with van der Waals surface area (Å²) in [7, 11) is 1.70. The molecule has 5 heteroatoms. The van der Waals surface area contributed by atoms with Crippen LogP contribution in [-0.2, 0) is 9.59 Å². The van der Waals surface area contributed by atoms with Crippen LogP contribution in [0.25, 0.3) is 0 Å². The Balaban J connectivity index is 4.20. The van der Waals surface area contributed by atoms with Crippen molar-refractivity contribution >= 4 is 11.9 Å². The van der Waals surface area contributed by atoms with E-state index in [0.717, 1.165) is 0 Å². The highest BCUT2D eigenvalue weighted by atomic mass is 16.4. The summed E-state index contributed by atoms with van der Waals surface area (Å²) in [6.45, 7) is 3.66. The number of nitrogens with one attached hydrogen (secondary N) is 2. The Bertz CT molecular complexity index is 206. The normalized spacial score (nSPS) is 14.5. The van der Waals surface area contributed by atoms with Crippen molar-refractivity contribution in [3.63, 3.8) is 0 Å². The van der Waals surface area contributed by atoms with Gasteiger partial charge >= 0.3 is 0 Å². The Hall–Kier alpha value is -1.10. The predicted molar refractivity (Wildman–Crippen MR) is 50.0 cm³/mol. The van der Waals surface area contributed by atoms with Gasteiger partial charge in [-0.15, -0.1) is 0 Å². The third-order valence-electron chi connectivity index (χ3n) is 2.20. The third-order valence-corrected chi connectivity index (χ3v) is 2.20. The Morgan fingerprint density at radius 1 is 1.43 bits per heavy atom. The molecule has 14 heavy (non-hydrogen) atoms. The molecule has 2 unspecified atom stereocenters. The van der Waals surface area contributed by atoms with Crippen LogP contribution >= 0.6 is 0 Å². The average molecular weight is 201 g/mol. The summed E-state index contributed by atoms with van der Waals surface area (Å²) in [5.74, 6) is -2.71. The van der Waals surface area contributed by atoms with Crippen LogP contribution < -0.4 is 15.7 Å². The van der Waals surface area contributed by atoms with Crippen molar-refractivity contribution in [2.75, 3.05) is 13.7 Å². The van der Waals surface area contributed by atoms with Gasteiger partial charge in [-0.1, -0.05) is 13.8 Å². The molecule has 0 spiro atoms. The highest BCUT2D eigenvalue weighted by Gasteiger charge is 2.22. The van der Waals surface area contributed by atoms with E-state index in [-0.39, 0.29) is 5.91 Å². The van der Waals surface area contributed by atoms with E-state index in [1.54, 1.807) is 20.9 Å². The first-order chi connectivity index (χ1) is 6.54. The monoisotopic (exact) mass is 201 g/mol. The van der Waals surface area contributed by atoms with Gasteiger partial charge in [0.1, 0.15) is 0 Å². The molecule has 0 fully saturated rings. The molecule has 0 aliphatic rings. The molecule has 2 atom stereocenters. The number of hydrogen-bond donors (Lipinski definition) is 2. The van der Waals surface area contributed by atoms with Gasteiger partial charge in [0, 0.05) is 17.8 Å². The fourth-order valence-corrected chi connectivity index (χ4v) is 1.24. The second-order valence-electron chi connectivity index (χ2n) is 3.19. The van der Waals surface area contributed by atoms with Gasteiger partial charge in [-0.05, 0) is 13.5 Å². The van der Waals surface area contributed by atoms with Crippen molar-refractivity contribution in [1.82, 2.24) is 10.6 Å². The molecule has 0 aliphatic heterocycles. The summed E-state index contributed by atoms with van der Waals surface area (Å²) in [5.41, 5.74) is 0. The number of carboxylic acids is 1. The maximum Gasteiger partial charge on any atom is 0.224 e. The molecular formula is C9H17N2O3-. The Kier molecular flexibility index (Phi) is 5.87. The molecule has 0 saturated carbocycles. The largest absolute Gasteiger partial charge is 0.550 e. The average Bonchev–Trinajstić information content (AvgIpc) is 2.14. The van der Waals surface area contributed by atoms with E-state index in [0.29, 0.717) is 13.1 Å². The van der Waals surface area contributed by atoms with Gasteiger partial charge in [-0.25, -0.2) is 0 Å². The molecule has 0 rings (SSSR count). The minimum atomic E-state index is -1.17. The number of rotatable bonds is 6. The van der Waals surface area contributed by atoms with E-state index in [4.69, 9.17) is 0 Å². The highest BCUT2D eigenvalue weighted by Crippen LogP contribution is 2.14. The first-order valence-corrected chi connectivity index (χ1v) is 4.67. The van der Waals surface area contributed by atoms with Crippen molar-refractivity contribution in [3.8, 4) is 0 Å². The second kappa shape index (κ2) is 6.37. The van der Waals surface area contributed by atoms with Gasteiger partial charge in [0.25, 0.3) is 0 Å². The lowest BCUT2D eigenvalue weighted by Crippen LogP contribution is -2.43. The summed E-state index contributed by atoms with van der Waals surface area (Å²) < 4.78 is 0. The minimum Gasteiger partial charge on any atom is -0.550 e. The zero-order valence-electron chi connectivity index (χ0n) is 8.79. The van der Waals surface area contributed by atoms with Crippen LogP contribution in [0, 0.1) is 11.8 Å². The molecule has 0 aliphatic carbocycles. The molecule has 0 aromatic rings. The SMILES string of the molecule is CCC(C(=O)[O-])C(C)C(=O)NCNC. The van der Waals surface area contributed by atoms with Crippen LogP contribution in [0.3, 0.4) is 0 Å². The lowest BCUT2D eigenvalue weighted by molar-refractivity contribution is -0.313. The Morgan fingerprint density at radius 2 is 2.00 bits per heavy atom. The Labute approximate surface area is 83.9 Å². The summed E-state index contributed by atoms with van der Waals surface area (Å²) in [5, 5.41) is 15.9. The number of aliphatic carboxylic acids is 1. The molecule has 0 aromatic carbocycles. The fourth-order valence-electron chi connectivity index (χ4n) is 1.24. The number of hydrogen-bond acceptors (Lipinski definition) is 4. The van der Waals surface area contributed by atoms with Crippen molar-refractivity contribution in [2.45, 2.75) is 20.3 Å². The number of amides is 1. The van der Waals surface area contributed by atoms with Crippen LogP contribution in [-0.4, -0.2) is 25.6 Å². The zero-order valence-corrected chi connectivity index (χ0v) is 8.79. The van der Waals surface area contributed by atoms with Crippen LogP contribution in [0.15, 0.2) is 0 Å². The number of carbonyl (C=O) groups is 2. The minimum absolute atomic E-state index is 0.268. The van der Waals surface area contributed by atoms with Crippen molar-refractivity contribution in [1.29, 1.82) is 0 Å². The van der Waals surface area contributed by atoms with Gasteiger partial charge in [-0.3, -0.25) is 4.79 Å². The van der Waals surface area contributed by atoms with Gasteiger partial charge in [0.2, 0.25) is 5.91 Å². The van der Waals surface area contributed by atoms with E-state index >= 15 is 0 Å². The van der Waals surface area contributed by atoms with E-state index in [1.807, 2.05) is 0 Å². The van der Waals surface area contributed by atoms with E-state index in [1.165, 1.54) is 0 Å². The van der Waals surface area contributed by atoms with E-state index in [2.05, 4.69) is 10.6 Å². The molecule has 0 radical (unpaired) electrons. The maximum absolute atomic E-state index is 11.4. The molecule has 1 amide bonds. The summed E-state index contributed by atoms with van der Waals surface area (Å²) in [4.78, 5) is 22.0. The summed E-state index contributed by atoms with van der Waals surface area (Å²) >= 11 is 0. The first-order valence-electron chi connectivity index (χ1n) is 4.67. The lowest BCUT2D eigenvalue weighted by Gasteiger charge is -2.22. The first kappa shape index (κ1) is 12.9. The third kappa shape index (κ3) is 3.74. The molecule has 0 saturated heterocycles. The fraction of sp³-hybridized carbons (Fsp3) is 0.778. The van der Waals surface area contributed by atoms with Gasteiger partial charge in [0.15, 0.2) is 0 Å². The maximum atomic E-state index is 11.4. The van der Waals surface area contributed by atoms with Crippen molar-refractivity contribution in [2.24, 2.45) is 11.8 Å². The van der Waals surface area contributed by atoms with Crippen LogP contribution in [0.4, 0.5) is 0 Å². The summed E-state index contributed by atoms with van der Waals surface area (Å²) in [6, 6.07) is 0. The van der Waals surface area contributed by atoms with Gasteiger partial charge in [0.05, 0.1) is 6.67 Å². The molecule has 2 N–H and O–H groups in total. The van der Waals surface area contributed by atoms with Crippen LogP contribution in [0.2, 0.25) is 0 Å². The van der Waals surface area contributed by atoms with E-state index in [9.17, 15) is 14.7 Å². The molecule has 0 bridgehead atoms. The van der Waals surface area contributed by atoms with Crippen LogP contribution in [0.1, 0.15) is 20.3 Å². The Morgan fingerprint density at radius 3 is 2.36 bits per heavy atom. The molecule has 0 heterocycles. The molecular weight excluding hydrogens is 184 g/mol. The standard InChI is InChI=1S/C9H18N2O3/c1-4-7(9(13)14)6(2)8(12)11-5-10-3/h6-7,10H,4-5H2,1-3H3,(H,11,12)(H,13,14)/p-1. The predicted octanol–water partition coefficient (Wildman–Crippen LogP) is -1.31. The molecule has 82 valence electrons. The lowest BCUT2D eigenvalue weighted by atomic mass is 9.91. The van der Waals surface area contributed by atoms with Crippen molar-refractivity contribution < 1.29 is 14.7 Å². The zero-order chi connectivity index (χ0) is 11.1. The van der Waals surface area contributed by atoms with Gasteiger partial charge < -0.3 is 20.5 Å². The molecule has 5 nitrogen and oxygen atoms in total. The number of carboxylic acid groups (broad SMARTS) is 1. The summed E-state index contributed by atoms with van der Waals surface area (Å²) in [6.07, 6.45) is 0.399. The second-order valence-corrected chi connectivity index (χ2v) is 3.19. The van der Waals surface area contributed by atoms with Gasteiger partial charge in [-0.2, -0.15) is 0 Å². The number of carbonyl (C=O) groups excluding carboxylic acids is 2. The molecule has 0 aromatic heterocycles. The quantitative estimate of drug-likeness (QED) is 0.523. The van der Waals surface area contributed by atoms with Crippen LogP contribution in [0.5, 0.6) is 0 Å². The topological polar surface area (TPSA) is 81.3 Å². The smallest absolute Gasteiger partial charge is 0.224 e. The van der Waals surface area contributed by atoms with E-state index < -0.39 is 17.8 Å². The van der Waals surface area contributed by atoms with Crippen molar-refractivity contribution in [3.05, 3.63) is 0 Å².